The lowest BCUT2D eigenvalue weighted by Gasteiger charge is -2.17. The number of hydrogen-bond donors (Lipinski definition) is 2. The molecule has 0 amide bonds. The molecule has 5 heteroatoms. The van der Waals surface area contributed by atoms with Crippen LogP contribution >= 0.6 is 15.9 Å². The normalized spacial score (nSPS) is 20.1. The molecule has 4 nitrogen and oxygen atoms in total. The van der Waals surface area contributed by atoms with Crippen LogP contribution < -0.4 is 10.6 Å². The monoisotopic (exact) mass is 324 g/mol. The molecule has 0 atom stereocenters. The number of nitrogens with zero attached hydrogens (tertiary/aromatic N) is 2. The van der Waals surface area contributed by atoms with Crippen molar-refractivity contribution in [3.63, 3.8) is 0 Å². The second kappa shape index (κ2) is 5.27. The summed E-state index contributed by atoms with van der Waals surface area (Å²) in [5.74, 6) is 2.77. The van der Waals surface area contributed by atoms with Crippen molar-refractivity contribution in [2.45, 2.75) is 39.0 Å². The highest BCUT2D eigenvalue weighted by Crippen LogP contribution is 2.61. The molecule has 104 valence electrons. The Kier molecular flexibility index (Phi) is 3.65. The van der Waals surface area contributed by atoms with Gasteiger partial charge in [0.25, 0.3) is 0 Å². The van der Waals surface area contributed by atoms with Gasteiger partial charge in [0, 0.05) is 13.1 Å². The molecule has 0 aromatic carbocycles. The average Bonchev–Trinajstić information content (AvgIpc) is 3.28. The molecular weight excluding hydrogens is 304 g/mol. The molecule has 1 heterocycles. The Hall–Kier alpha value is -0.840. The summed E-state index contributed by atoms with van der Waals surface area (Å²) in [5.41, 5.74) is 0.585. The summed E-state index contributed by atoms with van der Waals surface area (Å²) in [6.07, 6.45) is 8.33. The smallest absolute Gasteiger partial charge is 0.145 e. The third kappa shape index (κ3) is 2.86. The number of hydrogen-bond acceptors (Lipinski definition) is 4. The predicted molar refractivity (Wildman–Crippen MR) is 81.4 cm³/mol. The molecule has 0 spiro atoms. The molecule has 0 radical (unpaired) electrons. The maximum absolute atomic E-state index is 4.35. The predicted octanol–water partition coefficient (Wildman–Crippen LogP) is 3.66. The first-order valence-corrected chi connectivity index (χ1v) is 8.03. The zero-order valence-corrected chi connectivity index (χ0v) is 13.0. The third-order valence-corrected chi connectivity index (χ3v) is 5.03. The quantitative estimate of drug-likeness (QED) is 0.803. The van der Waals surface area contributed by atoms with E-state index < -0.39 is 0 Å². The molecule has 3 rings (SSSR count). The lowest BCUT2D eigenvalue weighted by Crippen LogP contribution is -2.18. The number of halogens is 1. The van der Waals surface area contributed by atoms with Gasteiger partial charge >= 0.3 is 0 Å². The summed E-state index contributed by atoms with van der Waals surface area (Å²) >= 11 is 3.60. The van der Waals surface area contributed by atoms with E-state index in [9.17, 15) is 0 Å². The molecule has 0 bridgehead atoms. The van der Waals surface area contributed by atoms with Gasteiger partial charge in [-0.25, -0.2) is 9.97 Å². The Morgan fingerprint density at radius 1 is 1.26 bits per heavy atom. The van der Waals surface area contributed by atoms with E-state index in [1.165, 1.54) is 25.7 Å². The zero-order valence-electron chi connectivity index (χ0n) is 11.4. The molecule has 1 aromatic heterocycles. The number of anilines is 2. The van der Waals surface area contributed by atoms with Crippen LogP contribution in [-0.2, 0) is 0 Å². The van der Waals surface area contributed by atoms with Crippen molar-refractivity contribution in [3.05, 3.63) is 10.8 Å². The van der Waals surface area contributed by atoms with Crippen molar-refractivity contribution >= 4 is 27.6 Å². The van der Waals surface area contributed by atoms with E-state index in [1.807, 2.05) is 0 Å². The molecule has 2 N–H and O–H groups in total. The minimum absolute atomic E-state index is 0.585. The molecule has 19 heavy (non-hydrogen) atoms. The molecule has 0 unspecified atom stereocenters. The van der Waals surface area contributed by atoms with Crippen LogP contribution in [0.3, 0.4) is 0 Å². The Balaban J connectivity index is 1.63. The van der Waals surface area contributed by atoms with Crippen molar-refractivity contribution in [1.29, 1.82) is 0 Å². The van der Waals surface area contributed by atoms with Crippen LogP contribution in [0.15, 0.2) is 10.8 Å². The highest BCUT2D eigenvalue weighted by atomic mass is 79.9. The van der Waals surface area contributed by atoms with Gasteiger partial charge in [0.05, 0.1) is 0 Å². The third-order valence-electron chi connectivity index (χ3n) is 4.28. The van der Waals surface area contributed by atoms with Crippen molar-refractivity contribution in [2.24, 2.45) is 11.3 Å². The van der Waals surface area contributed by atoms with Crippen LogP contribution in [0.1, 0.15) is 39.0 Å². The number of rotatable bonds is 7. The summed E-state index contributed by atoms with van der Waals surface area (Å²) in [7, 11) is 0. The van der Waals surface area contributed by atoms with E-state index in [1.54, 1.807) is 6.33 Å². The van der Waals surface area contributed by atoms with E-state index in [-0.39, 0.29) is 0 Å². The Morgan fingerprint density at radius 2 is 1.95 bits per heavy atom. The van der Waals surface area contributed by atoms with Gasteiger partial charge in [-0.05, 0) is 59.4 Å². The lowest BCUT2D eigenvalue weighted by atomic mass is 10.0. The molecule has 1 aromatic rings. The van der Waals surface area contributed by atoms with Gasteiger partial charge in [0.2, 0.25) is 0 Å². The standard InChI is InChI=1S/C14H21BrN4/c1-2-7-16-12-11(15)13(19-9-18-12)17-8-14(5-6-14)10-3-4-10/h9-10H,2-8H2,1H3,(H2,16,17,18,19). The van der Waals surface area contributed by atoms with Gasteiger partial charge in [0.15, 0.2) is 0 Å². The van der Waals surface area contributed by atoms with Crippen LogP contribution in [0.2, 0.25) is 0 Å². The molecule has 2 fully saturated rings. The van der Waals surface area contributed by atoms with Crippen LogP contribution in [0, 0.1) is 11.3 Å². The highest BCUT2D eigenvalue weighted by Gasteiger charge is 2.53. The summed E-state index contributed by atoms with van der Waals surface area (Å²) in [6.45, 7) is 4.13. The van der Waals surface area contributed by atoms with Crippen LogP contribution in [0.4, 0.5) is 11.6 Å². The number of nitrogens with one attached hydrogen (secondary N) is 2. The largest absolute Gasteiger partial charge is 0.369 e. The van der Waals surface area contributed by atoms with E-state index in [4.69, 9.17) is 0 Å². The van der Waals surface area contributed by atoms with Crippen LogP contribution in [0.25, 0.3) is 0 Å². The summed E-state index contributed by atoms with van der Waals surface area (Å²) in [6, 6.07) is 0. The van der Waals surface area contributed by atoms with Crippen LogP contribution in [-0.4, -0.2) is 23.1 Å². The second-order valence-electron chi connectivity index (χ2n) is 5.80. The molecule has 2 saturated carbocycles. The SMILES string of the molecule is CCCNc1ncnc(NCC2(C3CC3)CC2)c1Br. The van der Waals surface area contributed by atoms with Crippen LogP contribution in [0.5, 0.6) is 0 Å². The fourth-order valence-electron chi connectivity index (χ4n) is 2.71. The van der Waals surface area contributed by atoms with Crippen molar-refractivity contribution in [1.82, 2.24) is 9.97 Å². The fraction of sp³-hybridized carbons (Fsp3) is 0.714. The maximum atomic E-state index is 4.35. The minimum Gasteiger partial charge on any atom is -0.369 e. The van der Waals surface area contributed by atoms with Gasteiger partial charge in [-0.2, -0.15) is 0 Å². The number of aromatic nitrogens is 2. The molecule has 0 saturated heterocycles. The Bertz CT molecular complexity index is 455. The minimum atomic E-state index is 0.585. The van der Waals surface area contributed by atoms with Crippen molar-refractivity contribution < 1.29 is 0 Å². The topological polar surface area (TPSA) is 49.8 Å². The first kappa shape index (κ1) is 13.2. The maximum Gasteiger partial charge on any atom is 0.145 e. The fourth-order valence-corrected chi connectivity index (χ4v) is 3.19. The highest BCUT2D eigenvalue weighted by molar-refractivity contribution is 9.10. The van der Waals surface area contributed by atoms with E-state index in [2.05, 4.69) is 43.5 Å². The van der Waals surface area contributed by atoms with E-state index in [0.717, 1.165) is 41.5 Å². The van der Waals surface area contributed by atoms with E-state index in [0.29, 0.717) is 5.41 Å². The van der Waals surface area contributed by atoms with Gasteiger partial charge in [-0.3, -0.25) is 0 Å². The second-order valence-corrected chi connectivity index (χ2v) is 6.59. The Morgan fingerprint density at radius 3 is 2.53 bits per heavy atom. The van der Waals surface area contributed by atoms with Gasteiger partial charge in [-0.15, -0.1) is 0 Å². The van der Waals surface area contributed by atoms with Crippen molar-refractivity contribution in [3.8, 4) is 0 Å². The van der Waals surface area contributed by atoms with Crippen molar-refractivity contribution in [2.75, 3.05) is 23.7 Å². The Labute approximate surface area is 122 Å². The molecule has 2 aliphatic rings. The first-order chi connectivity index (χ1) is 9.25. The lowest BCUT2D eigenvalue weighted by molar-refractivity contribution is 0.466. The van der Waals surface area contributed by atoms with E-state index >= 15 is 0 Å². The summed E-state index contributed by atoms with van der Waals surface area (Å²) < 4.78 is 0.954. The summed E-state index contributed by atoms with van der Waals surface area (Å²) in [4.78, 5) is 8.62. The van der Waals surface area contributed by atoms with Gasteiger partial charge in [-0.1, -0.05) is 6.92 Å². The zero-order chi connectivity index (χ0) is 13.3. The molecular formula is C14H21BrN4. The van der Waals surface area contributed by atoms with Gasteiger partial charge in [0.1, 0.15) is 22.4 Å². The average molecular weight is 325 g/mol. The molecule has 0 aliphatic heterocycles. The first-order valence-electron chi connectivity index (χ1n) is 7.23. The van der Waals surface area contributed by atoms with Gasteiger partial charge < -0.3 is 10.6 Å². The summed E-state index contributed by atoms with van der Waals surface area (Å²) in [5, 5.41) is 6.83. The molecule has 2 aliphatic carbocycles.